The molecule has 33 heavy (non-hydrogen) atoms. The number of carbonyl (C=O) groups is 2. The van der Waals surface area contributed by atoms with Crippen molar-refractivity contribution in [3.8, 4) is 11.3 Å². The molecule has 1 fully saturated rings. The van der Waals surface area contributed by atoms with Crippen LogP contribution < -0.4 is 5.73 Å². The predicted molar refractivity (Wildman–Crippen MR) is 127 cm³/mol. The lowest BCUT2D eigenvalue weighted by atomic mass is 10.1. The normalized spacial score (nSPS) is 14.4. The third kappa shape index (κ3) is 5.93. The van der Waals surface area contributed by atoms with Crippen LogP contribution in [0.4, 0.5) is 0 Å². The SMILES string of the molecule is NC(=O)c1ccc(CN2CCN(C(=O)CCc3ncc(-c4ccc(Cl)cc4Cl)o3)CC2)cc1. The Balaban J connectivity index is 1.24. The first-order valence-electron chi connectivity index (χ1n) is 10.7. The minimum absolute atomic E-state index is 0.0877. The molecule has 172 valence electrons. The molecule has 7 nitrogen and oxygen atoms in total. The summed E-state index contributed by atoms with van der Waals surface area (Å²) in [6.07, 6.45) is 2.38. The summed E-state index contributed by atoms with van der Waals surface area (Å²) in [5.41, 5.74) is 7.61. The number of nitrogens with two attached hydrogens (primary N) is 1. The molecule has 0 aliphatic carbocycles. The van der Waals surface area contributed by atoms with Crippen molar-refractivity contribution in [2.45, 2.75) is 19.4 Å². The molecule has 2 N–H and O–H groups in total. The summed E-state index contributed by atoms with van der Waals surface area (Å²) in [5.74, 6) is 0.715. The molecule has 0 spiro atoms. The summed E-state index contributed by atoms with van der Waals surface area (Å²) < 4.78 is 5.79. The molecule has 0 radical (unpaired) electrons. The molecule has 4 rings (SSSR count). The van der Waals surface area contributed by atoms with E-state index in [9.17, 15) is 9.59 Å². The van der Waals surface area contributed by atoms with Crippen LogP contribution in [0.15, 0.2) is 53.1 Å². The number of amides is 2. The fourth-order valence-electron chi connectivity index (χ4n) is 3.80. The lowest BCUT2D eigenvalue weighted by Crippen LogP contribution is -2.48. The minimum atomic E-state index is -0.427. The van der Waals surface area contributed by atoms with Crippen molar-refractivity contribution in [2.75, 3.05) is 26.2 Å². The number of rotatable bonds is 7. The van der Waals surface area contributed by atoms with Gasteiger partial charge in [0.25, 0.3) is 0 Å². The number of piperazine rings is 1. The van der Waals surface area contributed by atoms with Gasteiger partial charge in [-0.3, -0.25) is 14.5 Å². The fourth-order valence-corrected chi connectivity index (χ4v) is 4.30. The van der Waals surface area contributed by atoms with Crippen LogP contribution in [0.3, 0.4) is 0 Å². The Morgan fingerprint density at radius 3 is 2.42 bits per heavy atom. The number of hydrogen-bond acceptors (Lipinski definition) is 5. The number of carbonyl (C=O) groups excluding carboxylic acids is 2. The van der Waals surface area contributed by atoms with Gasteiger partial charge in [-0.2, -0.15) is 0 Å². The fraction of sp³-hybridized carbons (Fsp3) is 0.292. The predicted octanol–water partition coefficient (Wildman–Crippen LogP) is 4.02. The monoisotopic (exact) mass is 486 g/mol. The van der Waals surface area contributed by atoms with Gasteiger partial charge in [0, 0.05) is 61.7 Å². The lowest BCUT2D eigenvalue weighted by molar-refractivity contribution is -0.133. The van der Waals surface area contributed by atoms with E-state index in [1.54, 1.807) is 36.5 Å². The van der Waals surface area contributed by atoms with Crippen molar-refractivity contribution in [3.63, 3.8) is 0 Å². The van der Waals surface area contributed by atoms with Gasteiger partial charge in [0.1, 0.15) is 0 Å². The minimum Gasteiger partial charge on any atom is -0.441 e. The van der Waals surface area contributed by atoms with Crippen LogP contribution in [-0.4, -0.2) is 52.8 Å². The van der Waals surface area contributed by atoms with Crippen LogP contribution in [0.25, 0.3) is 11.3 Å². The van der Waals surface area contributed by atoms with E-state index in [0.717, 1.165) is 25.2 Å². The standard InChI is InChI=1S/C24H24Cl2N4O3/c25-18-5-6-19(20(26)13-18)21-14-28-22(33-21)7-8-23(31)30-11-9-29(10-12-30)15-16-1-3-17(4-2-16)24(27)32/h1-6,13-14H,7-12,15H2,(H2,27,32). The number of nitrogens with zero attached hydrogens (tertiary/aromatic N) is 3. The van der Waals surface area contributed by atoms with Crippen LogP contribution in [0.5, 0.6) is 0 Å². The Bertz CT molecular complexity index is 1140. The molecular weight excluding hydrogens is 463 g/mol. The van der Waals surface area contributed by atoms with Gasteiger partial charge in [-0.1, -0.05) is 35.3 Å². The number of primary amides is 1. The molecule has 0 atom stereocenters. The molecule has 1 aliphatic rings. The van der Waals surface area contributed by atoms with Crippen LogP contribution in [0, 0.1) is 0 Å². The summed E-state index contributed by atoms with van der Waals surface area (Å²) in [7, 11) is 0. The molecule has 1 aliphatic heterocycles. The van der Waals surface area contributed by atoms with Gasteiger partial charge in [0.15, 0.2) is 11.7 Å². The molecule has 3 aromatic rings. The average molecular weight is 487 g/mol. The number of oxazole rings is 1. The zero-order chi connectivity index (χ0) is 23.4. The maximum Gasteiger partial charge on any atom is 0.248 e. The number of aromatic nitrogens is 1. The van der Waals surface area contributed by atoms with Gasteiger partial charge in [-0.15, -0.1) is 0 Å². The number of benzene rings is 2. The van der Waals surface area contributed by atoms with Gasteiger partial charge in [-0.05, 0) is 35.9 Å². The first kappa shape index (κ1) is 23.3. The smallest absolute Gasteiger partial charge is 0.248 e. The quantitative estimate of drug-likeness (QED) is 0.544. The molecule has 1 saturated heterocycles. The van der Waals surface area contributed by atoms with E-state index in [0.29, 0.717) is 58.8 Å². The van der Waals surface area contributed by atoms with E-state index < -0.39 is 5.91 Å². The van der Waals surface area contributed by atoms with Crippen molar-refractivity contribution in [1.29, 1.82) is 0 Å². The average Bonchev–Trinajstić information content (AvgIpc) is 3.27. The first-order chi connectivity index (χ1) is 15.9. The van der Waals surface area contributed by atoms with Gasteiger partial charge in [-0.25, -0.2) is 4.98 Å². The summed E-state index contributed by atoms with van der Waals surface area (Å²) in [5, 5.41) is 1.04. The van der Waals surface area contributed by atoms with Crippen molar-refractivity contribution in [1.82, 2.24) is 14.8 Å². The third-order valence-corrected chi connectivity index (χ3v) is 6.22. The van der Waals surface area contributed by atoms with E-state index in [1.807, 2.05) is 17.0 Å². The van der Waals surface area contributed by atoms with Crippen LogP contribution in [0.2, 0.25) is 10.0 Å². The van der Waals surface area contributed by atoms with Crippen LogP contribution >= 0.6 is 23.2 Å². The Labute approximate surface area is 202 Å². The largest absolute Gasteiger partial charge is 0.441 e. The highest BCUT2D eigenvalue weighted by Crippen LogP contribution is 2.30. The molecule has 0 unspecified atom stereocenters. The molecule has 2 heterocycles. The van der Waals surface area contributed by atoms with E-state index >= 15 is 0 Å². The van der Waals surface area contributed by atoms with E-state index in [4.69, 9.17) is 33.4 Å². The molecular formula is C24H24Cl2N4O3. The van der Waals surface area contributed by atoms with E-state index in [-0.39, 0.29) is 5.91 Å². The summed E-state index contributed by atoms with van der Waals surface area (Å²) >= 11 is 12.2. The van der Waals surface area contributed by atoms with E-state index in [2.05, 4.69) is 9.88 Å². The highest BCUT2D eigenvalue weighted by Gasteiger charge is 2.21. The van der Waals surface area contributed by atoms with E-state index in [1.165, 1.54) is 0 Å². The van der Waals surface area contributed by atoms with Crippen LogP contribution in [0.1, 0.15) is 28.2 Å². The Morgan fingerprint density at radius 1 is 1.03 bits per heavy atom. The molecule has 0 bridgehead atoms. The highest BCUT2D eigenvalue weighted by atomic mass is 35.5. The third-order valence-electron chi connectivity index (χ3n) is 5.67. The van der Waals surface area contributed by atoms with Crippen LogP contribution in [-0.2, 0) is 17.8 Å². The van der Waals surface area contributed by atoms with Gasteiger partial charge in [0.05, 0.1) is 11.2 Å². The maximum absolute atomic E-state index is 12.7. The summed E-state index contributed by atoms with van der Waals surface area (Å²) in [6.45, 7) is 3.71. The second-order valence-corrected chi connectivity index (χ2v) is 8.80. The number of aryl methyl sites for hydroxylation is 1. The van der Waals surface area contributed by atoms with Gasteiger partial charge >= 0.3 is 0 Å². The molecule has 1 aromatic heterocycles. The zero-order valence-electron chi connectivity index (χ0n) is 18.0. The van der Waals surface area contributed by atoms with Crippen molar-refractivity contribution in [2.24, 2.45) is 5.73 Å². The highest BCUT2D eigenvalue weighted by molar-refractivity contribution is 6.36. The van der Waals surface area contributed by atoms with Crippen molar-refractivity contribution < 1.29 is 14.0 Å². The maximum atomic E-state index is 12.7. The van der Waals surface area contributed by atoms with Crippen molar-refractivity contribution >= 4 is 35.0 Å². The molecule has 2 aromatic carbocycles. The summed E-state index contributed by atoms with van der Waals surface area (Å²) in [6, 6.07) is 12.5. The Kier molecular flexibility index (Phi) is 7.33. The summed E-state index contributed by atoms with van der Waals surface area (Å²) in [4.78, 5) is 32.3. The number of hydrogen-bond donors (Lipinski definition) is 1. The lowest BCUT2D eigenvalue weighted by Gasteiger charge is -2.34. The number of halogens is 2. The second-order valence-electron chi connectivity index (χ2n) is 7.96. The molecule has 9 heteroatoms. The van der Waals surface area contributed by atoms with Gasteiger partial charge in [0.2, 0.25) is 11.8 Å². The Hall–Kier alpha value is -2.87. The first-order valence-corrected chi connectivity index (χ1v) is 11.4. The molecule has 0 saturated carbocycles. The van der Waals surface area contributed by atoms with Gasteiger partial charge < -0.3 is 15.1 Å². The zero-order valence-corrected chi connectivity index (χ0v) is 19.5. The molecule has 2 amide bonds. The van der Waals surface area contributed by atoms with Crippen molar-refractivity contribution in [3.05, 3.63) is 75.7 Å². The second kappa shape index (κ2) is 10.4. The topological polar surface area (TPSA) is 92.7 Å². The Morgan fingerprint density at radius 2 is 1.76 bits per heavy atom.